The summed E-state index contributed by atoms with van der Waals surface area (Å²) in [7, 11) is 1.85. The summed E-state index contributed by atoms with van der Waals surface area (Å²) in [5.41, 5.74) is 6.02. The van der Waals surface area contributed by atoms with Crippen LogP contribution in [0.1, 0.15) is 32.9 Å². The summed E-state index contributed by atoms with van der Waals surface area (Å²) in [6.07, 6.45) is 2.31. The smallest absolute Gasteiger partial charge is 0.241 e. The van der Waals surface area contributed by atoms with E-state index in [1.807, 2.05) is 33.9 Å². The Kier molecular flexibility index (Phi) is 3.88. The van der Waals surface area contributed by atoms with E-state index < -0.39 is 5.54 Å². The van der Waals surface area contributed by atoms with Crippen LogP contribution in [0.15, 0.2) is 12.3 Å². The fraction of sp³-hybridized carbons (Fsp3) is 0.714. The number of nitrogens with zero attached hydrogens (tertiary/aromatic N) is 2. The van der Waals surface area contributed by atoms with Gasteiger partial charge >= 0.3 is 0 Å². The van der Waals surface area contributed by atoms with Crippen LogP contribution in [0.3, 0.4) is 0 Å². The molecule has 1 aromatic rings. The van der Waals surface area contributed by atoms with Gasteiger partial charge in [-0.25, -0.2) is 0 Å². The third-order valence-electron chi connectivity index (χ3n) is 4.59. The van der Waals surface area contributed by atoms with Gasteiger partial charge in [0.1, 0.15) is 5.54 Å². The summed E-state index contributed by atoms with van der Waals surface area (Å²) in [6.45, 7) is 7.00. The zero-order valence-electron chi connectivity index (χ0n) is 12.6. The lowest BCUT2D eigenvalue weighted by molar-refractivity contribution is -0.170. The second-order valence-corrected chi connectivity index (χ2v) is 5.97. The predicted octanol–water partition coefficient (Wildman–Crippen LogP) is 0.569. The van der Waals surface area contributed by atoms with E-state index in [9.17, 15) is 4.79 Å². The van der Waals surface area contributed by atoms with Gasteiger partial charge in [-0.05, 0) is 13.0 Å². The standard InChI is InChI=1S/C14H24N4O2/c1-5-20-11-8-14(15,13(11,2)3)12(19)16-9-10-6-7-17-18(10)4/h6-7,11H,5,8-9,15H2,1-4H3,(H,16,19). The quantitative estimate of drug-likeness (QED) is 0.826. The highest BCUT2D eigenvalue weighted by molar-refractivity contribution is 5.88. The largest absolute Gasteiger partial charge is 0.378 e. The number of rotatable bonds is 5. The molecule has 20 heavy (non-hydrogen) atoms. The first-order valence-corrected chi connectivity index (χ1v) is 6.98. The van der Waals surface area contributed by atoms with Gasteiger partial charge in [-0.2, -0.15) is 5.10 Å². The molecule has 2 unspecified atom stereocenters. The molecule has 2 rings (SSSR count). The Bertz CT molecular complexity index is 497. The monoisotopic (exact) mass is 280 g/mol. The summed E-state index contributed by atoms with van der Waals surface area (Å²) in [5, 5.41) is 6.98. The van der Waals surface area contributed by atoms with Crippen molar-refractivity contribution in [3.63, 3.8) is 0 Å². The van der Waals surface area contributed by atoms with Gasteiger partial charge in [-0.15, -0.1) is 0 Å². The lowest BCUT2D eigenvalue weighted by Gasteiger charge is -2.57. The number of nitrogens with two attached hydrogens (primary N) is 1. The van der Waals surface area contributed by atoms with Crippen LogP contribution in [0, 0.1) is 5.41 Å². The Morgan fingerprint density at radius 1 is 1.65 bits per heavy atom. The summed E-state index contributed by atoms with van der Waals surface area (Å²) in [4.78, 5) is 12.4. The molecule has 6 heteroatoms. The zero-order valence-corrected chi connectivity index (χ0v) is 12.6. The molecule has 0 radical (unpaired) electrons. The molecule has 0 saturated heterocycles. The number of hydrogen-bond acceptors (Lipinski definition) is 4. The molecule has 112 valence electrons. The lowest BCUT2D eigenvalue weighted by Crippen LogP contribution is -2.75. The summed E-state index contributed by atoms with van der Waals surface area (Å²) >= 11 is 0. The highest BCUT2D eigenvalue weighted by Gasteiger charge is 2.62. The van der Waals surface area contributed by atoms with Gasteiger partial charge in [0.15, 0.2) is 0 Å². The van der Waals surface area contributed by atoms with Gasteiger partial charge < -0.3 is 15.8 Å². The van der Waals surface area contributed by atoms with Crippen molar-refractivity contribution >= 4 is 5.91 Å². The minimum absolute atomic E-state index is 0.0416. The van der Waals surface area contributed by atoms with Gasteiger partial charge in [0, 0.05) is 31.7 Å². The molecule has 1 fully saturated rings. The minimum Gasteiger partial charge on any atom is -0.378 e. The van der Waals surface area contributed by atoms with Crippen molar-refractivity contribution in [3.8, 4) is 0 Å². The van der Waals surface area contributed by atoms with Crippen molar-refractivity contribution in [3.05, 3.63) is 18.0 Å². The van der Waals surface area contributed by atoms with Crippen LogP contribution >= 0.6 is 0 Å². The molecule has 1 aliphatic carbocycles. The van der Waals surface area contributed by atoms with Crippen molar-refractivity contribution in [2.45, 2.75) is 45.4 Å². The molecular weight excluding hydrogens is 256 g/mol. The van der Waals surface area contributed by atoms with Crippen molar-refractivity contribution in [1.29, 1.82) is 0 Å². The maximum Gasteiger partial charge on any atom is 0.241 e. The molecule has 0 aromatic carbocycles. The lowest BCUT2D eigenvalue weighted by atomic mass is 9.54. The Hall–Kier alpha value is -1.40. The van der Waals surface area contributed by atoms with Crippen molar-refractivity contribution in [1.82, 2.24) is 15.1 Å². The number of hydrogen-bond donors (Lipinski definition) is 2. The Balaban J connectivity index is 1.98. The van der Waals surface area contributed by atoms with Gasteiger partial charge in [-0.3, -0.25) is 9.48 Å². The maximum absolute atomic E-state index is 12.4. The minimum atomic E-state index is -0.870. The molecule has 3 N–H and O–H groups in total. The molecule has 0 bridgehead atoms. The Morgan fingerprint density at radius 2 is 2.35 bits per heavy atom. The molecule has 1 aromatic heterocycles. The highest BCUT2D eigenvalue weighted by Crippen LogP contribution is 2.49. The second kappa shape index (κ2) is 5.18. The molecule has 1 saturated carbocycles. The van der Waals surface area contributed by atoms with Gasteiger partial charge in [0.05, 0.1) is 18.3 Å². The van der Waals surface area contributed by atoms with Gasteiger partial charge in [0.2, 0.25) is 5.91 Å². The first kappa shape index (κ1) is 15.0. The number of carbonyl (C=O) groups is 1. The number of aromatic nitrogens is 2. The van der Waals surface area contributed by atoms with Crippen molar-refractivity contribution in [2.75, 3.05) is 6.61 Å². The van der Waals surface area contributed by atoms with Crippen LogP contribution in [0.4, 0.5) is 0 Å². The van der Waals surface area contributed by atoms with E-state index in [1.165, 1.54) is 0 Å². The van der Waals surface area contributed by atoms with Crippen LogP contribution in [-0.4, -0.2) is 33.9 Å². The molecular formula is C14H24N4O2. The average Bonchev–Trinajstić information content (AvgIpc) is 2.81. The first-order valence-electron chi connectivity index (χ1n) is 6.98. The maximum atomic E-state index is 12.4. The van der Waals surface area contributed by atoms with E-state index in [2.05, 4.69) is 10.4 Å². The normalized spacial score (nSPS) is 27.9. The zero-order chi connectivity index (χ0) is 15.0. The molecule has 0 aliphatic heterocycles. The van der Waals surface area contributed by atoms with Crippen molar-refractivity contribution in [2.24, 2.45) is 18.2 Å². The van der Waals surface area contributed by atoms with E-state index in [0.717, 1.165) is 5.69 Å². The van der Waals surface area contributed by atoms with Crippen LogP contribution in [0.2, 0.25) is 0 Å². The third-order valence-corrected chi connectivity index (χ3v) is 4.59. The Morgan fingerprint density at radius 3 is 2.85 bits per heavy atom. The number of carbonyl (C=O) groups excluding carboxylic acids is 1. The summed E-state index contributed by atoms with van der Waals surface area (Å²) < 4.78 is 7.37. The third kappa shape index (κ3) is 2.23. The second-order valence-electron chi connectivity index (χ2n) is 5.97. The highest BCUT2D eigenvalue weighted by atomic mass is 16.5. The summed E-state index contributed by atoms with van der Waals surface area (Å²) in [5.74, 6) is -0.125. The predicted molar refractivity (Wildman–Crippen MR) is 75.8 cm³/mol. The first-order chi connectivity index (χ1) is 9.33. The number of ether oxygens (including phenoxy) is 1. The van der Waals surface area contributed by atoms with Crippen LogP contribution < -0.4 is 11.1 Å². The molecule has 1 aliphatic rings. The van der Waals surface area contributed by atoms with E-state index in [-0.39, 0.29) is 17.4 Å². The molecule has 1 amide bonds. The fourth-order valence-corrected chi connectivity index (χ4v) is 2.72. The SMILES string of the molecule is CCOC1CC(N)(C(=O)NCc2ccnn2C)C1(C)C. The molecule has 0 spiro atoms. The van der Waals surface area contributed by atoms with Crippen LogP contribution in [0.5, 0.6) is 0 Å². The van der Waals surface area contributed by atoms with E-state index in [0.29, 0.717) is 19.6 Å². The number of amides is 1. The van der Waals surface area contributed by atoms with E-state index in [4.69, 9.17) is 10.5 Å². The van der Waals surface area contributed by atoms with Crippen molar-refractivity contribution < 1.29 is 9.53 Å². The molecule has 1 heterocycles. The summed E-state index contributed by atoms with van der Waals surface area (Å²) in [6, 6.07) is 1.87. The van der Waals surface area contributed by atoms with Gasteiger partial charge in [0.25, 0.3) is 0 Å². The van der Waals surface area contributed by atoms with E-state index in [1.54, 1.807) is 10.9 Å². The molecule has 6 nitrogen and oxygen atoms in total. The molecule has 2 atom stereocenters. The van der Waals surface area contributed by atoms with E-state index >= 15 is 0 Å². The van der Waals surface area contributed by atoms with Crippen LogP contribution in [0.25, 0.3) is 0 Å². The van der Waals surface area contributed by atoms with Crippen LogP contribution in [-0.2, 0) is 23.1 Å². The van der Waals surface area contributed by atoms with Gasteiger partial charge in [-0.1, -0.05) is 13.8 Å². The average molecular weight is 280 g/mol. The number of aryl methyl sites for hydroxylation is 1. The topological polar surface area (TPSA) is 82.2 Å². The number of nitrogens with one attached hydrogen (secondary N) is 1. The fourth-order valence-electron chi connectivity index (χ4n) is 2.72. The Labute approximate surface area is 119 Å².